The molecule has 7 heteroatoms. The minimum absolute atomic E-state index is 0.136. The Morgan fingerprint density at radius 1 is 1.22 bits per heavy atom. The molecule has 0 fully saturated rings. The largest absolute Gasteiger partial charge is 0.481 e. The van der Waals surface area contributed by atoms with Crippen LogP contribution in [-0.2, 0) is 11.3 Å². The molecule has 1 heterocycles. The predicted molar refractivity (Wildman–Crippen MR) is 105 cm³/mol. The molecule has 0 radical (unpaired) electrons. The predicted octanol–water partition coefficient (Wildman–Crippen LogP) is 4.32. The van der Waals surface area contributed by atoms with Crippen molar-refractivity contribution in [2.75, 3.05) is 7.05 Å². The Morgan fingerprint density at radius 3 is 2.70 bits per heavy atom. The van der Waals surface area contributed by atoms with Gasteiger partial charge in [0.25, 0.3) is 5.91 Å². The third-order valence-electron chi connectivity index (χ3n) is 3.97. The molecule has 140 valence electrons. The summed E-state index contributed by atoms with van der Waals surface area (Å²) in [6.07, 6.45) is -0.00423. The Bertz CT molecular complexity index is 898. The normalized spacial score (nSPS) is 11.8. The van der Waals surface area contributed by atoms with Gasteiger partial charge in [0, 0.05) is 17.1 Å². The first kappa shape index (κ1) is 19.1. The van der Waals surface area contributed by atoms with E-state index in [4.69, 9.17) is 9.26 Å². The third kappa shape index (κ3) is 4.95. The van der Waals surface area contributed by atoms with E-state index in [1.165, 1.54) is 4.90 Å². The van der Waals surface area contributed by atoms with Gasteiger partial charge in [-0.25, -0.2) is 0 Å². The number of carbonyl (C=O) groups excluding carboxylic acids is 1. The van der Waals surface area contributed by atoms with Crippen LogP contribution in [0.5, 0.6) is 5.75 Å². The van der Waals surface area contributed by atoms with Crippen molar-refractivity contribution in [3.63, 3.8) is 0 Å². The molecule has 0 aliphatic carbocycles. The van der Waals surface area contributed by atoms with E-state index in [0.29, 0.717) is 23.9 Å². The first-order chi connectivity index (χ1) is 13.1. The lowest BCUT2D eigenvalue weighted by atomic mass is 10.2. The Kier molecular flexibility index (Phi) is 6.24. The average Bonchev–Trinajstić information content (AvgIpc) is 3.15. The molecule has 2 aromatic carbocycles. The molecule has 0 aliphatic heterocycles. The number of rotatable bonds is 7. The number of hydrogen-bond acceptors (Lipinski definition) is 5. The second kappa shape index (κ2) is 8.81. The van der Waals surface area contributed by atoms with Crippen molar-refractivity contribution >= 4 is 21.8 Å². The fourth-order valence-corrected chi connectivity index (χ4v) is 2.96. The second-order valence-corrected chi connectivity index (χ2v) is 6.96. The van der Waals surface area contributed by atoms with E-state index in [1.807, 2.05) is 61.5 Å². The summed E-state index contributed by atoms with van der Waals surface area (Å²) in [5.74, 6) is 1.39. The van der Waals surface area contributed by atoms with Crippen LogP contribution < -0.4 is 4.74 Å². The fraction of sp³-hybridized carbons (Fsp3) is 0.250. The molecule has 0 unspecified atom stereocenters. The lowest BCUT2D eigenvalue weighted by molar-refractivity contribution is -0.138. The van der Waals surface area contributed by atoms with Gasteiger partial charge in [-0.1, -0.05) is 58.3 Å². The Labute approximate surface area is 166 Å². The zero-order valence-corrected chi connectivity index (χ0v) is 16.7. The van der Waals surface area contributed by atoms with Crippen LogP contribution >= 0.6 is 15.9 Å². The highest BCUT2D eigenvalue weighted by atomic mass is 79.9. The molecule has 1 aromatic heterocycles. The Balaban J connectivity index is 1.65. The number of halogens is 1. The number of ether oxygens (including phenoxy) is 1. The topological polar surface area (TPSA) is 68.5 Å². The van der Waals surface area contributed by atoms with Crippen molar-refractivity contribution in [2.24, 2.45) is 0 Å². The minimum atomic E-state index is -0.565. The van der Waals surface area contributed by atoms with Crippen molar-refractivity contribution in [3.8, 4) is 17.1 Å². The molecular weight excluding hydrogens is 410 g/mol. The van der Waals surface area contributed by atoms with Crippen LogP contribution in [0.1, 0.15) is 19.2 Å². The third-order valence-corrected chi connectivity index (χ3v) is 4.46. The van der Waals surface area contributed by atoms with Gasteiger partial charge in [0.05, 0.1) is 6.54 Å². The summed E-state index contributed by atoms with van der Waals surface area (Å²) in [6, 6.07) is 16.9. The van der Waals surface area contributed by atoms with Gasteiger partial charge in [-0.15, -0.1) is 0 Å². The molecule has 6 nitrogen and oxygen atoms in total. The summed E-state index contributed by atoms with van der Waals surface area (Å²) in [5.41, 5.74) is 0.840. The van der Waals surface area contributed by atoms with Gasteiger partial charge in [0.1, 0.15) is 5.75 Å². The van der Waals surface area contributed by atoms with Crippen LogP contribution in [-0.4, -0.2) is 34.1 Å². The molecule has 0 saturated carbocycles. The van der Waals surface area contributed by atoms with Gasteiger partial charge in [-0.2, -0.15) is 4.98 Å². The smallest absolute Gasteiger partial charge is 0.263 e. The number of aromatic nitrogens is 2. The number of hydrogen-bond donors (Lipinski definition) is 0. The van der Waals surface area contributed by atoms with E-state index in [-0.39, 0.29) is 12.5 Å². The molecule has 0 spiro atoms. The SMILES string of the molecule is CC[C@@H](Oc1ccccc1)C(=O)N(C)Cc1nc(-c2cccc(Br)c2)no1. The van der Waals surface area contributed by atoms with Crippen LogP contribution in [0.3, 0.4) is 0 Å². The molecule has 3 aromatic rings. The van der Waals surface area contributed by atoms with E-state index < -0.39 is 6.10 Å². The summed E-state index contributed by atoms with van der Waals surface area (Å²) < 4.78 is 12.0. The number of benzene rings is 2. The van der Waals surface area contributed by atoms with E-state index >= 15 is 0 Å². The summed E-state index contributed by atoms with van der Waals surface area (Å²) >= 11 is 3.42. The molecular formula is C20H20BrN3O3. The van der Waals surface area contributed by atoms with Crippen LogP contribution in [0.25, 0.3) is 11.4 Å². The van der Waals surface area contributed by atoms with Crippen molar-refractivity contribution in [2.45, 2.75) is 26.0 Å². The number of para-hydroxylation sites is 1. The highest BCUT2D eigenvalue weighted by molar-refractivity contribution is 9.10. The lowest BCUT2D eigenvalue weighted by Crippen LogP contribution is -2.39. The molecule has 1 atom stereocenters. The minimum Gasteiger partial charge on any atom is -0.481 e. The molecule has 0 aliphatic rings. The van der Waals surface area contributed by atoms with E-state index in [1.54, 1.807) is 7.05 Å². The molecule has 0 N–H and O–H groups in total. The number of nitrogens with zero attached hydrogens (tertiary/aromatic N) is 3. The first-order valence-electron chi connectivity index (χ1n) is 8.62. The zero-order chi connectivity index (χ0) is 19.2. The lowest BCUT2D eigenvalue weighted by Gasteiger charge is -2.22. The van der Waals surface area contributed by atoms with Gasteiger partial charge in [-0.05, 0) is 30.7 Å². The van der Waals surface area contributed by atoms with Crippen LogP contribution in [0.15, 0.2) is 63.6 Å². The second-order valence-electron chi connectivity index (χ2n) is 6.04. The van der Waals surface area contributed by atoms with Crippen molar-refractivity contribution < 1.29 is 14.1 Å². The molecule has 0 saturated heterocycles. The van der Waals surface area contributed by atoms with Crippen LogP contribution in [0, 0.1) is 0 Å². The summed E-state index contributed by atoms with van der Waals surface area (Å²) in [7, 11) is 1.70. The quantitative estimate of drug-likeness (QED) is 0.559. The van der Waals surface area contributed by atoms with Gasteiger partial charge >= 0.3 is 0 Å². The Hall–Kier alpha value is -2.67. The average molecular weight is 430 g/mol. The zero-order valence-electron chi connectivity index (χ0n) is 15.1. The highest BCUT2D eigenvalue weighted by Gasteiger charge is 2.24. The molecule has 0 bridgehead atoms. The monoisotopic (exact) mass is 429 g/mol. The summed E-state index contributed by atoms with van der Waals surface area (Å²) in [5, 5.41) is 4.00. The standard InChI is InChI=1S/C20H20BrN3O3/c1-3-17(26-16-10-5-4-6-11-16)20(25)24(2)13-18-22-19(23-27-18)14-8-7-9-15(21)12-14/h4-12,17H,3,13H2,1-2H3/t17-/m1/s1. The number of likely N-dealkylation sites (N-methyl/N-ethyl adjacent to an activating group) is 1. The van der Waals surface area contributed by atoms with Crippen molar-refractivity contribution in [1.29, 1.82) is 0 Å². The highest BCUT2D eigenvalue weighted by Crippen LogP contribution is 2.21. The number of amides is 1. The van der Waals surface area contributed by atoms with Gasteiger partial charge in [0.2, 0.25) is 11.7 Å². The van der Waals surface area contributed by atoms with E-state index in [0.717, 1.165) is 10.0 Å². The van der Waals surface area contributed by atoms with Gasteiger partial charge in [0.15, 0.2) is 6.10 Å². The molecule has 3 rings (SSSR count). The van der Waals surface area contributed by atoms with E-state index in [2.05, 4.69) is 26.1 Å². The van der Waals surface area contributed by atoms with E-state index in [9.17, 15) is 4.79 Å². The van der Waals surface area contributed by atoms with Crippen molar-refractivity contribution in [3.05, 3.63) is 65.0 Å². The first-order valence-corrected chi connectivity index (χ1v) is 9.41. The Morgan fingerprint density at radius 2 is 2.00 bits per heavy atom. The fourth-order valence-electron chi connectivity index (χ4n) is 2.56. The summed E-state index contributed by atoms with van der Waals surface area (Å²) in [4.78, 5) is 18.6. The van der Waals surface area contributed by atoms with Crippen molar-refractivity contribution in [1.82, 2.24) is 15.0 Å². The van der Waals surface area contributed by atoms with Crippen LogP contribution in [0.2, 0.25) is 0 Å². The molecule has 1 amide bonds. The van der Waals surface area contributed by atoms with Gasteiger partial charge < -0.3 is 14.2 Å². The maximum Gasteiger partial charge on any atom is 0.263 e. The maximum absolute atomic E-state index is 12.7. The molecule has 27 heavy (non-hydrogen) atoms. The number of carbonyl (C=O) groups is 1. The van der Waals surface area contributed by atoms with Crippen LogP contribution in [0.4, 0.5) is 0 Å². The van der Waals surface area contributed by atoms with Gasteiger partial charge in [-0.3, -0.25) is 4.79 Å². The summed E-state index contributed by atoms with van der Waals surface area (Å²) in [6.45, 7) is 2.13. The maximum atomic E-state index is 12.7.